The number of aryl methyl sites for hydroxylation is 1. The molecule has 0 atom stereocenters. The van der Waals surface area contributed by atoms with Crippen LogP contribution >= 0.6 is 23.4 Å². The molecule has 2 heterocycles. The van der Waals surface area contributed by atoms with E-state index < -0.39 is 0 Å². The molecule has 3 rings (SSSR count). The highest BCUT2D eigenvalue weighted by Gasteiger charge is 2.14. The van der Waals surface area contributed by atoms with E-state index in [4.69, 9.17) is 16.3 Å². The second-order valence-corrected chi connectivity index (χ2v) is 7.30. The summed E-state index contributed by atoms with van der Waals surface area (Å²) in [4.78, 5) is 6.52. The van der Waals surface area contributed by atoms with Gasteiger partial charge in [0, 0.05) is 60.7 Å². The molecule has 0 amide bonds. The van der Waals surface area contributed by atoms with Crippen LogP contribution in [-0.2, 0) is 13.1 Å². The maximum Gasteiger partial charge on any atom is 0.123 e. The average Bonchev–Trinajstić information content (AvgIpc) is 3.08. The first-order chi connectivity index (χ1) is 11.3. The minimum absolute atomic E-state index is 0.697. The number of benzene rings is 1. The zero-order valence-corrected chi connectivity index (χ0v) is 14.7. The number of nitrogens with zero attached hydrogens (tertiary/aromatic N) is 3. The van der Waals surface area contributed by atoms with Gasteiger partial charge in [0.25, 0.3) is 0 Å². The third-order valence-corrected chi connectivity index (χ3v) is 5.08. The first-order valence-corrected chi connectivity index (χ1v) is 9.51. The van der Waals surface area contributed by atoms with Gasteiger partial charge in [-0.1, -0.05) is 11.6 Å². The van der Waals surface area contributed by atoms with E-state index in [1.54, 1.807) is 6.20 Å². The van der Waals surface area contributed by atoms with Gasteiger partial charge in [0.15, 0.2) is 0 Å². The van der Waals surface area contributed by atoms with E-state index in [1.807, 2.05) is 42.5 Å². The van der Waals surface area contributed by atoms with Crippen molar-refractivity contribution in [1.82, 2.24) is 14.5 Å². The lowest BCUT2D eigenvalue weighted by molar-refractivity contribution is 0.271. The number of ether oxygens (including phenoxy) is 1. The number of aromatic nitrogens is 2. The molecule has 0 N–H and O–H groups in total. The molecule has 1 aliphatic rings. The molecular weight excluding hydrogens is 330 g/mol. The molecule has 1 fully saturated rings. The summed E-state index contributed by atoms with van der Waals surface area (Å²) in [7, 11) is 0. The van der Waals surface area contributed by atoms with Crippen LogP contribution in [0.15, 0.2) is 36.9 Å². The van der Waals surface area contributed by atoms with E-state index in [2.05, 4.69) is 14.5 Å². The standard InChI is InChI=1S/C17H22ClN3OS/c18-16-2-3-17(22-9-1-5-21-6-4-19-14-21)15(12-16)13-20-7-10-23-11-8-20/h2-4,6,12,14H,1,5,7-11,13H2. The zero-order chi connectivity index (χ0) is 15.9. The van der Waals surface area contributed by atoms with Crippen LogP contribution in [0.25, 0.3) is 0 Å². The smallest absolute Gasteiger partial charge is 0.123 e. The summed E-state index contributed by atoms with van der Waals surface area (Å²) in [6, 6.07) is 5.93. The largest absolute Gasteiger partial charge is 0.493 e. The summed E-state index contributed by atoms with van der Waals surface area (Å²) in [5.41, 5.74) is 1.19. The topological polar surface area (TPSA) is 30.3 Å². The Labute approximate surface area is 146 Å². The fourth-order valence-corrected chi connectivity index (χ4v) is 3.83. The molecule has 1 aromatic heterocycles. The highest BCUT2D eigenvalue weighted by atomic mass is 35.5. The Morgan fingerprint density at radius 3 is 2.91 bits per heavy atom. The van der Waals surface area contributed by atoms with Crippen LogP contribution in [0.2, 0.25) is 5.02 Å². The predicted octanol–water partition coefficient (Wildman–Crippen LogP) is 3.55. The van der Waals surface area contributed by atoms with Crippen molar-refractivity contribution < 1.29 is 4.74 Å². The fraction of sp³-hybridized carbons (Fsp3) is 0.471. The second kappa shape index (κ2) is 8.62. The van der Waals surface area contributed by atoms with Gasteiger partial charge in [-0.3, -0.25) is 4.90 Å². The lowest BCUT2D eigenvalue weighted by Gasteiger charge is -2.27. The molecular formula is C17H22ClN3OS. The lowest BCUT2D eigenvalue weighted by atomic mass is 10.2. The van der Waals surface area contributed by atoms with E-state index in [-0.39, 0.29) is 0 Å². The maximum absolute atomic E-state index is 6.17. The minimum atomic E-state index is 0.697. The molecule has 0 saturated carbocycles. The van der Waals surface area contributed by atoms with Gasteiger partial charge in [-0.25, -0.2) is 4.98 Å². The quantitative estimate of drug-likeness (QED) is 0.714. The summed E-state index contributed by atoms with van der Waals surface area (Å²) < 4.78 is 8.07. The van der Waals surface area contributed by atoms with E-state index in [1.165, 1.54) is 17.1 Å². The number of hydrogen-bond donors (Lipinski definition) is 0. The first kappa shape index (κ1) is 16.7. The van der Waals surface area contributed by atoms with Crippen LogP contribution in [0, 0.1) is 0 Å². The average molecular weight is 352 g/mol. The summed E-state index contributed by atoms with van der Waals surface area (Å²) in [5.74, 6) is 3.38. The van der Waals surface area contributed by atoms with Gasteiger partial charge in [0.05, 0.1) is 12.9 Å². The molecule has 0 aliphatic carbocycles. The van der Waals surface area contributed by atoms with Gasteiger partial charge >= 0.3 is 0 Å². The van der Waals surface area contributed by atoms with Crippen molar-refractivity contribution in [3.8, 4) is 5.75 Å². The molecule has 6 heteroatoms. The first-order valence-electron chi connectivity index (χ1n) is 7.98. The van der Waals surface area contributed by atoms with Crippen LogP contribution in [-0.4, -0.2) is 45.7 Å². The van der Waals surface area contributed by atoms with Crippen LogP contribution in [0.1, 0.15) is 12.0 Å². The van der Waals surface area contributed by atoms with Gasteiger partial charge in [-0.15, -0.1) is 0 Å². The number of hydrogen-bond acceptors (Lipinski definition) is 4. The number of halogens is 1. The molecule has 124 valence electrons. The van der Waals surface area contributed by atoms with Crippen molar-refractivity contribution in [3.05, 3.63) is 47.5 Å². The molecule has 0 radical (unpaired) electrons. The summed E-state index contributed by atoms with van der Waals surface area (Å²) >= 11 is 8.20. The van der Waals surface area contributed by atoms with Crippen molar-refractivity contribution in [2.24, 2.45) is 0 Å². The van der Waals surface area contributed by atoms with Crippen LogP contribution in [0.4, 0.5) is 0 Å². The normalized spacial score (nSPS) is 15.7. The molecule has 4 nitrogen and oxygen atoms in total. The number of imidazole rings is 1. The highest BCUT2D eigenvalue weighted by Crippen LogP contribution is 2.25. The Kier molecular flexibility index (Phi) is 6.25. The third kappa shape index (κ3) is 5.16. The molecule has 1 saturated heterocycles. The monoisotopic (exact) mass is 351 g/mol. The maximum atomic E-state index is 6.17. The Bertz CT molecular complexity index is 600. The Balaban J connectivity index is 1.54. The molecule has 1 aromatic carbocycles. The van der Waals surface area contributed by atoms with Gasteiger partial charge in [0.1, 0.15) is 5.75 Å². The molecule has 0 spiro atoms. The Morgan fingerprint density at radius 2 is 2.13 bits per heavy atom. The highest BCUT2D eigenvalue weighted by molar-refractivity contribution is 7.99. The number of rotatable bonds is 7. The summed E-state index contributed by atoms with van der Waals surface area (Å²) in [6.45, 7) is 4.81. The molecule has 0 unspecified atom stereocenters. The van der Waals surface area contributed by atoms with E-state index in [0.717, 1.165) is 43.4 Å². The summed E-state index contributed by atoms with van der Waals surface area (Å²) in [6.07, 6.45) is 6.57. The van der Waals surface area contributed by atoms with Crippen LogP contribution in [0.5, 0.6) is 5.75 Å². The second-order valence-electron chi connectivity index (χ2n) is 5.64. The molecule has 1 aliphatic heterocycles. The van der Waals surface area contributed by atoms with E-state index in [0.29, 0.717) is 6.61 Å². The van der Waals surface area contributed by atoms with Crippen molar-refractivity contribution in [1.29, 1.82) is 0 Å². The van der Waals surface area contributed by atoms with Crippen LogP contribution in [0.3, 0.4) is 0 Å². The molecule has 0 bridgehead atoms. The van der Waals surface area contributed by atoms with Crippen LogP contribution < -0.4 is 4.74 Å². The van der Waals surface area contributed by atoms with Crippen molar-refractivity contribution in [2.45, 2.75) is 19.5 Å². The zero-order valence-electron chi connectivity index (χ0n) is 13.2. The van der Waals surface area contributed by atoms with Crippen molar-refractivity contribution >= 4 is 23.4 Å². The third-order valence-electron chi connectivity index (χ3n) is 3.90. The number of thioether (sulfide) groups is 1. The van der Waals surface area contributed by atoms with Gasteiger partial charge in [-0.05, 0) is 24.6 Å². The Hall–Kier alpha value is -1.17. The van der Waals surface area contributed by atoms with Crippen molar-refractivity contribution in [3.63, 3.8) is 0 Å². The van der Waals surface area contributed by atoms with E-state index >= 15 is 0 Å². The minimum Gasteiger partial charge on any atom is -0.493 e. The lowest BCUT2D eigenvalue weighted by Crippen LogP contribution is -2.32. The summed E-state index contributed by atoms with van der Waals surface area (Å²) in [5, 5.41) is 0.775. The van der Waals surface area contributed by atoms with Gasteiger partial charge in [0.2, 0.25) is 0 Å². The Morgan fingerprint density at radius 1 is 1.26 bits per heavy atom. The predicted molar refractivity (Wildman–Crippen MR) is 96.4 cm³/mol. The van der Waals surface area contributed by atoms with E-state index in [9.17, 15) is 0 Å². The fourth-order valence-electron chi connectivity index (χ4n) is 2.66. The van der Waals surface area contributed by atoms with Crippen molar-refractivity contribution in [2.75, 3.05) is 31.2 Å². The SMILES string of the molecule is Clc1ccc(OCCCn2ccnc2)c(CN2CCSCC2)c1. The van der Waals surface area contributed by atoms with Gasteiger partial charge in [-0.2, -0.15) is 11.8 Å². The molecule has 2 aromatic rings. The molecule has 23 heavy (non-hydrogen) atoms. The van der Waals surface area contributed by atoms with Gasteiger partial charge < -0.3 is 9.30 Å².